The summed E-state index contributed by atoms with van der Waals surface area (Å²) in [5.74, 6) is -0.481. The molecule has 4 aromatic rings. The predicted molar refractivity (Wildman–Crippen MR) is 115 cm³/mol. The zero-order valence-corrected chi connectivity index (χ0v) is 16.5. The molecule has 1 aromatic heterocycles. The molecule has 150 valence electrons. The molecule has 0 aliphatic heterocycles. The van der Waals surface area contributed by atoms with Gasteiger partial charge in [0.1, 0.15) is 6.33 Å². The highest BCUT2D eigenvalue weighted by Gasteiger charge is 2.08. The number of fused-ring (bicyclic) bond motifs is 1. The first kappa shape index (κ1) is 19.4. The maximum Gasteiger partial charge on any atom is 0.337 e. The molecule has 0 bridgehead atoms. The Morgan fingerprint density at radius 3 is 2.37 bits per heavy atom. The number of hydrogen-bond acceptors (Lipinski definition) is 4. The van der Waals surface area contributed by atoms with E-state index in [1.165, 1.54) is 7.11 Å². The number of nitrogens with zero attached hydrogens (tertiary/aromatic N) is 2. The van der Waals surface area contributed by atoms with Crippen LogP contribution in [0, 0.1) is 0 Å². The van der Waals surface area contributed by atoms with Crippen LogP contribution in [0.2, 0.25) is 0 Å². The summed E-state index contributed by atoms with van der Waals surface area (Å²) in [6.45, 7) is 0.504. The van der Waals surface area contributed by atoms with Crippen molar-refractivity contribution < 1.29 is 14.3 Å². The number of benzene rings is 3. The third kappa shape index (κ3) is 4.07. The molecule has 1 heterocycles. The number of imidazole rings is 1. The van der Waals surface area contributed by atoms with Gasteiger partial charge in [0.05, 0.1) is 23.7 Å². The highest BCUT2D eigenvalue weighted by molar-refractivity contribution is 5.94. The number of amides is 1. The quantitative estimate of drug-likeness (QED) is 0.501. The molecule has 4 rings (SSSR count). The maximum atomic E-state index is 12.4. The highest BCUT2D eigenvalue weighted by Crippen LogP contribution is 2.18. The second-order valence-corrected chi connectivity index (χ2v) is 6.84. The third-order valence-electron chi connectivity index (χ3n) is 4.94. The van der Waals surface area contributed by atoms with Gasteiger partial charge in [0, 0.05) is 17.8 Å². The summed E-state index contributed by atoms with van der Waals surface area (Å²) in [5.41, 5.74) is 5.04. The number of rotatable bonds is 6. The number of nitrogens with one attached hydrogen (secondary N) is 1. The Bertz CT molecular complexity index is 1180. The molecule has 0 saturated heterocycles. The van der Waals surface area contributed by atoms with E-state index in [1.807, 2.05) is 65.2 Å². The van der Waals surface area contributed by atoms with Crippen molar-refractivity contribution in [3.8, 4) is 5.69 Å². The number of para-hydroxylation sites is 2. The van der Waals surface area contributed by atoms with Crippen LogP contribution in [-0.4, -0.2) is 35.1 Å². The summed E-state index contributed by atoms with van der Waals surface area (Å²) in [4.78, 5) is 28.3. The SMILES string of the molecule is COC(=O)c1ccc(CCNC(=O)c2ccc(-n3cnc4ccccc43)cc2)cc1. The molecule has 30 heavy (non-hydrogen) atoms. The van der Waals surface area contributed by atoms with Crippen molar-refractivity contribution in [3.05, 3.63) is 95.8 Å². The van der Waals surface area contributed by atoms with Crippen molar-refractivity contribution in [2.24, 2.45) is 0 Å². The van der Waals surface area contributed by atoms with Crippen LogP contribution in [0.5, 0.6) is 0 Å². The third-order valence-corrected chi connectivity index (χ3v) is 4.94. The topological polar surface area (TPSA) is 73.2 Å². The first-order chi connectivity index (χ1) is 14.7. The average Bonchev–Trinajstić information content (AvgIpc) is 3.23. The van der Waals surface area contributed by atoms with Gasteiger partial charge in [-0.25, -0.2) is 9.78 Å². The lowest BCUT2D eigenvalue weighted by molar-refractivity contribution is 0.0600. The van der Waals surface area contributed by atoms with Gasteiger partial charge in [-0.15, -0.1) is 0 Å². The van der Waals surface area contributed by atoms with Crippen molar-refractivity contribution >= 4 is 22.9 Å². The number of hydrogen-bond donors (Lipinski definition) is 1. The molecule has 1 amide bonds. The zero-order valence-electron chi connectivity index (χ0n) is 16.5. The lowest BCUT2D eigenvalue weighted by atomic mass is 10.1. The Balaban J connectivity index is 1.35. The Hall–Kier alpha value is -3.93. The number of ether oxygens (including phenoxy) is 1. The molecule has 0 fully saturated rings. The van der Waals surface area contributed by atoms with E-state index < -0.39 is 0 Å². The Morgan fingerprint density at radius 2 is 1.63 bits per heavy atom. The van der Waals surface area contributed by atoms with Crippen LogP contribution in [0.15, 0.2) is 79.1 Å². The summed E-state index contributed by atoms with van der Waals surface area (Å²) in [7, 11) is 1.36. The van der Waals surface area contributed by atoms with E-state index in [2.05, 4.69) is 15.0 Å². The summed E-state index contributed by atoms with van der Waals surface area (Å²) in [6, 6.07) is 22.5. The molecule has 0 spiro atoms. The lowest BCUT2D eigenvalue weighted by Gasteiger charge is -2.08. The van der Waals surface area contributed by atoms with E-state index in [0.29, 0.717) is 24.1 Å². The Kier molecular flexibility index (Phi) is 5.57. The van der Waals surface area contributed by atoms with Gasteiger partial charge in [-0.2, -0.15) is 0 Å². The van der Waals surface area contributed by atoms with Crippen molar-refractivity contribution in [1.29, 1.82) is 0 Å². The van der Waals surface area contributed by atoms with Crippen LogP contribution in [0.25, 0.3) is 16.7 Å². The molecule has 0 aliphatic rings. The fraction of sp³-hybridized carbons (Fsp3) is 0.125. The molecule has 0 radical (unpaired) electrons. The van der Waals surface area contributed by atoms with Crippen LogP contribution in [0.4, 0.5) is 0 Å². The monoisotopic (exact) mass is 399 g/mol. The summed E-state index contributed by atoms with van der Waals surface area (Å²) in [6.07, 6.45) is 2.46. The van der Waals surface area contributed by atoms with Gasteiger partial charge in [0.25, 0.3) is 5.91 Å². The van der Waals surface area contributed by atoms with E-state index in [9.17, 15) is 9.59 Å². The van der Waals surface area contributed by atoms with E-state index in [0.717, 1.165) is 22.3 Å². The molecule has 0 saturated carbocycles. The molecular weight excluding hydrogens is 378 g/mol. The number of aromatic nitrogens is 2. The van der Waals surface area contributed by atoms with Crippen LogP contribution in [0.3, 0.4) is 0 Å². The standard InChI is InChI=1S/C24H21N3O3/c1-30-24(29)19-8-6-17(7-9-19)14-15-25-23(28)18-10-12-20(13-11-18)27-16-26-21-4-2-3-5-22(21)27/h2-13,16H,14-15H2,1H3,(H,25,28). The molecule has 6 nitrogen and oxygen atoms in total. The van der Waals surface area contributed by atoms with Gasteiger partial charge >= 0.3 is 5.97 Å². The Labute approximate surface area is 174 Å². The fourth-order valence-corrected chi connectivity index (χ4v) is 3.29. The summed E-state index contributed by atoms with van der Waals surface area (Å²) in [5, 5.41) is 2.93. The molecule has 1 N–H and O–H groups in total. The van der Waals surface area contributed by atoms with E-state index in [1.54, 1.807) is 18.5 Å². The van der Waals surface area contributed by atoms with Crippen LogP contribution >= 0.6 is 0 Å². The summed E-state index contributed by atoms with van der Waals surface area (Å²) >= 11 is 0. The second kappa shape index (κ2) is 8.61. The largest absolute Gasteiger partial charge is 0.465 e. The van der Waals surface area contributed by atoms with Gasteiger partial charge in [-0.3, -0.25) is 9.36 Å². The number of esters is 1. The van der Waals surface area contributed by atoms with Gasteiger partial charge in [-0.05, 0) is 60.5 Å². The van der Waals surface area contributed by atoms with Crippen LogP contribution in [0.1, 0.15) is 26.3 Å². The molecule has 0 atom stereocenters. The van der Waals surface area contributed by atoms with E-state index in [4.69, 9.17) is 0 Å². The van der Waals surface area contributed by atoms with Crippen molar-refractivity contribution in [3.63, 3.8) is 0 Å². The van der Waals surface area contributed by atoms with Gasteiger partial charge in [0.15, 0.2) is 0 Å². The predicted octanol–water partition coefficient (Wildman–Crippen LogP) is 3.78. The van der Waals surface area contributed by atoms with Gasteiger partial charge < -0.3 is 10.1 Å². The minimum absolute atomic E-state index is 0.122. The van der Waals surface area contributed by atoms with Gasteiger partial charge in [0.2, 0.25) is 0 Å². The fourth-order valence-electron chi connectivity index (χ4n) is 3.29. The second-order valence-electron chi connectivity index (χ2n) is 6.84. The van der Waals surface area contributed by atoms with Crippen molar-refractivity contribution in [1.82, 2.24) is 14.9 Å². The molecular formula is C24H21N3O3. The Morgan fingerprint density at radius 1 is 0.933 bits per heavy atom. The van der Waals surface area contributed by atoms with Crippen molar-refractivity contribution in [2.45, 2.75) is 6.42 Å². The highest BCUT2D eigenvalue weighted by atomic mass is 16.5. The summed E-state index contributed by atoms with van der Waals surface area (Å²) < 4.78 is 6.68. The molecule has 0 unspecified atom stereocenters. The zero-order chi connectivity index (χ0) is 20.9. The molecule has 3 aromatic carbocycles. The maximum absolute atomic E-state index is 12.4. The minimum atomic E-state index is -0.359. The normalized spacial score (nSPS) is 10.7. The first-order valence-electron chi connectivity index (χ1n) is 9.64. The van der Waals surface area contributed by atoms with Crippen LogP contribution < -0.4 is 5.32 Å². The van der Waals surface area contributed by atoms with E-state index in [-0.39, 0.29) is 11.9 Å². The van der Waals surface area contributed by atoms with E-state index >= 15 is 0 Å². The van der Waals surface area contributed by atoms with Crippen molar-refractivity contribution in [2.75, 3.05) is 13.7 Å². The lowest BCUT2D eigenvalue weighted by Crippen LogP contribution is -2.25. The number of methoxy groups -OCH3 is 1. The molecule has 6 heteroatoms. The average molecular weight is 399 g/mol. The van der Waals surface area contributed by atoms with Crippen LogP contribution in [-0.2, 0) is 11.2 Å². The number of carbonyl (C=O) groups excluding carboxylic acids is 2. The number of carbonyl (C=O) groups is 2. The smallest absolute Gasteiger partial charge is 0.337 e. The van der Waals surface area contributed by atoms with Gasteiger partial charge in [-0.1, -0.05) is 24.3 Å². The molecule has 0 aliphatic carbocycles. The minimum Gasteiger partial charge on any atom is -0.465 e. The first-order valence-corrected chi connectivity index (χ1v) is 9.64.